The van der Waals surface area contributed by atoms with Crippen LogP contribution in [0.4, 0.5) is 11.4 Å². The van der Waals surface area contributed by atoms with Crippen molar-refractivity contribution in [3.05, 3.63) is 53.7 Å². The molecule has 5 nitrogen and oxygen atoms in total. The molecule has 0 spiro atoms. The fourth-order valence-electron chi connectivity index (χ4n) is 3.49. The predicted octanol–water partition coefficient (Wildman–Crippen LogP) is 4.31. The van der Waals surface area contributed by atoms with Crippen LogP contribution in [0.25, 0.3) is 11.0 Å². The quantitative estimate of drug-likeness (QED) is 0.762. The van der Waals surface area contributed by atoms with Crippen molar-refractivity contribution in [2.24, 2.45) is 0 Å². The maximum Gasteiger partial charge on any atom is 0.230 e. The van der Waals surface area contributed by atoms with Gasteiger partial charge in [-0.25, -0.2) is 0 Å². The Hall–Kier alpha value is -2.82. The number of hydrogen-bond acceptors (Lipinski definition) is 4. The normalized spacial score (nSPS) is 14.6. The molecule has 1 N–H and O–H groups in total. The first kappa shape index (κ1) is 16.6. The molecule has 5 heteroatoms. The summed E-state index contributed by atoms with van der Waals surface area (Å²) >= 11 is 0. The van der Waals surface area contributed by atoms with Crippen LogP contribution in [0, 0.1) is 6.92 Å². The minimum Gasteiger partial charge on any atom is -0.372 e. The van der Waals surface area contributed by atoms with E-state index < -0.39 is 0 Å². The van der Waals surface area contributed by atoms with Crippen molar-refractivity contribution in [2.45, 2.75) is 32.6 Å². The summed E-state index contributed by atoms with van der Waals surface area (Å²) < 4.78 is 5.30. The lowest BCUT2D eigenvalue weighted by Gasteiger charge is -2.28. The number of rotatable bonds is 4. The van der Waals surface area contributed by atoms with E-state index in [2.05, 4.69) is 27.5 Å². The number of aromatic nitrogens is 1. The summed E-state index contributed by atoms with van der Waals surface area (Å²) in [4.78, 5) is 14.8. The number of carbonyl (C=O) groups excluding carboxylic acids is 1. The van der Waals surface area contributed by atoms with E-state index in [9.17, 15) is 4.79 Å². The molecule has 26 heavy (non-hydrogen) atoms. The highest BCUT2D eigenvalue weighted by Gasteiger charge is 2.14. The van der Waals surface area contributed by atoms with Gasteiger partial charge in [-0.1, -0.05) is 16.8 Å². The molecule has 0 atom stereocenters. The van der Waals surface area contributed by atoms with Gasteiger partial charge in [-0.15, -0.1) is 0 Å². The Labute approximate surface area is 153 Å². The van der Waals surface area contributed by atoms with Gasteiger partial charge in [0, 0.05) is 29.9 Å². The number of piperidine rings is 1. The second kappa shape index (κ2) is 7.20. The predicted molar refractivity (Wildman–Crippen MR) is 104 cm³/mol. The number of aryl methyl sites for hydroxylation is 1. The van der Waals surface area contributed by atoms with Crippen molar-refractivity contribution in [2.75, 3.05) is 23.3 Å². The number of amides is 1. The van der Waals surface area contributed by atoms with Gasteiger partial charge in [-0.2, -0.15) is 0 Å². The zero-order chi connectivity index (χ0) is 17.9. The molecule has 134 valence electrons. The van der Waals surface area contributed by atoms with Crippen molar-refractivity contribution in [1.29, 1.82) is 0 Å². The SMILES string of the molecule is Cc1ccc2onc(CC(=O)Nc3ccc(N4CCCCC4)cc3)c2c1. The third-order valence-corrected chi connectivity index (χ3v) is 4.90. The largest absolute Gasteiger partial charge is 0.372 e. The molecule has 1 aliphatic heterocycles. The summed E-state index contributed by atoms with van der Waals surface area (Å²) in [5, 5.41) is 7.90. The Morgan fingerprint density at radius 2 is 1.88 bits per heavy atom. The Bertz CT molecular complexity index is 909. The fraction of sp³-hybridized carbons (Fsp3) is 0.333. The first-order chi connectivity index (χ1) is 12.7. The number of benzene rings is 2. The van der Waals surface area contributed by atoms with Gasteiger partial charge in [-0.3, -0.25) is 4.79 Å². The molecule has 0 bridgehead atoms. The zero-order valence-corrected chi connectivity index (χ0v) is 15.0. The van der Waals surface area contributed by atoms with Crippen molar-refractivity contribution in [3.8, 4) is 0 Å². The number of hydrogen-bond donors (Lipinski definition) is 1. The van der Waals surface area contributed by atoms with E-state index in [4.69, 9.17) is 4.52 Å². The van der Waals surface area contributed by atoms with Crippen LogP contribution in [0.2, 0.25) is 0 Å². The van der Waals surface area contributed by atoms with E-state index >= 15 is 0 Å². The molecular weight excluding hydrogens is 326 g/mol. The van der Waals surface area contributed by atoms with Gasteiger partial charge in [0.2, 0.25) is 5.91 Å². The van der Waals surface area contributed by atoms with E-state index in [0.29, 0.717) is 11.3 Å². The summed E-state index contributed by atoms with van der Waals surface area (Å²) in [6.07, 6.45) is 4.03. The number of anilines is 2. The minimum absolute atomic E-state index is 0.0903. The van der Waals surface area contributed by atoms with Gasteiger partial charge < -0.3 is 14.7 Å². The van der Waals surface area contributed by atoms with Gasteiger partial charge in [-0.05, 0) is 62.6 Å². The van der Waals surface area contributed by atoms with E-state index in [1.807, 2.05) is 37.3 Å². The van der Waals surface area contributed by atoms with Gasteiger partial charge in [0.1, 0.15) is 5.69 Å². The van der Waals surface area contributed by atoms with Crippen molar-refractivity contribution in [3.63, 3.8) is 0 Å². The third kappa shape index (κ3) is 3.57. The maximum atomic E-state index is 12.4. The lowest BCUT2D eigenvalue weighted by atomic mass is 10.1. The first-order valence-corrected chi connectivity index (χ1v) is 9.19. The van der Waals surface area contributed by atoms with Gasteiger partial charge >= 0.3 is 0 Å². The molecule has 1 aliphatic rings. The molecular formula is C21H23N3O2. The van der Waals surface area contributed by atoms with E-state index in [0.717, 1.165) is 29.7 Å². The highest BCUT2D eigenvalue weighted by Crippen LogP contribution is 2.23. The number of nitrogens with one attached hydrogen (secondary N) is 1. The second-order valence-electron chi connectivity index (χ2n) is 6.95. The van der Waals surface area contributed by atoms with Crippen LogP contribution in [0.5, 0.6) is 0 Å². The molecule has 0 saturated carbocycles. The Balaban J connectivity index is 1.41. The number of fused-ring (bicyclic) bond motifs is 1. The molecule has 1 saturated heterocycles. The lowest BCUT2D eigenvalue weighted by molar-refractivity contribution is -0.115. The molecule has 0 unspecified atom stereocenters. The first-order valence-electron chi connectivity index (χ1n) is 9.19. The van der Waals surface area contributed by atoms with Crippen LogP contribution < -0.4 is 10.2 Å². The summed E-state index contributed by atoms with van der Waals surface area (Å²) in [6.45, 7) is 4.24. The highest BCUT2D eigenvalue weighted by molar-refractivity contribution is 5.94. The maximum absolute atomic E-state index is 12.4. The molecule has 3 aromatic rings. The Morgan fingerprint density at radius 1 is 1.12 bits per heavy atom. The number of carbonyl (C=O) groups is 1. The summed E-state index contributed by atoms with van der Waals surface area (Å²) in [7, 11) is 0. The van der Waals surface area contributed by atoms with Gasteiger partial charge in [0.15, 0.2) is 5.58 Å². The minimum atomic E-state index is -0.0903. The molecule has 0 radical (unpaired) electrons. The van der Waals surface area contributed by atoms with E-state index in [1.54, 1.807) is 0 Å². The van der Waals surface area contributed by atoms with Crippen molar-refractivity contribution < 1.29 is 9.32 Å². The number of nitrogens with zero attached hydrogens (tertiary/aromatic N) is 2. The Morgan fingerprint density at radius 3 is 2.65 bits per heavy atom. The molecule has 2 aromatic carbocycles. The van der Waals surface area contributed by atoms with Crippen LogP contribution >= 0.6 is 0 Å². The molecule has 1 amide bonds. The smallest absolute Gasteiger partial charge is 0.230 e. The molecule has 4 rings (SSSR count). The van der Waals surface area contributed by atoms with E-state index in [1.165, 1.54) is 24.9 Å². The standard InChI is InChI=1S/C21H23N3O2/c1-15-5-10-20-18(13-15)19(23-26-20)14-21(25)22-16-6-8-17(9-7-16)24-11-3-2-4-12-24/h5-10,13H,2-4,11-12,14H2,1H3,(H,22,25). The van der Waals surface area contributed by atoms with Crippen molar-refractivity contribution in [1.82, 2.24) is 5.16 Å². The average molecular weight is 349 g/mol. The molecule has 1 fully saturated rings. The van der Waals surface area contributed by atoms with E-state index in [-0.39, 0.29) is 12.3 Å². The lowest BCUT2D eigenvalue weighted by Crippen LogP contribution is -2.29. The van der Waals surface area contributed by atoms with Crippen LogP contribution in [0.3, 0.4) is 0 Å². The molecule has 2 heterocycles. The van der Waals surface area contributed by atoms with Crippen LogP contribution in [-0.2, 0) is 11.2 Å². The van der Waals surface area contributed by atoms with Gasteiger partial charge in [0.05, 0.1) is 6.42 Å². The van der Waals surface area contributed by atoms with Crippen LogP contribution in [0.15, 0.2) is 47.0 Å². The monoisotopic (exact) mass is 349 g/mol. The summed E-state index contributed by atoms with van der Waals surface area (Å²) in [5.41, 5.74) is 4.53. The fourth-order valence-corrected chi connectivity index (χ4v) is 3.49. The topological polar surface area (TPSA) is 58.4 Å². The molecule has 1 aromatic heterocycles. The second-order valence-corrected chi connectivity index (χ2v) is 6.95. The Kier molecular flexibility index (Phi) is 4.61. The average Bonchev–Trinajstić information content (AvgIpc) is 3.05. The summed E-state index contributed by atoms with van der Waals surface area (Å²) in [5.74, 6) is -0.0903. The van der Waals surface area contributed by atoms with Gasteiger partial charge in [0.25, 0.3) is 0 Å². The summed E-state index contributed by atoms with van der Waals surface area (Å²) in [6, 6.07) is 14.0. The third-order valence-electron chi connectivity index (χ3n) is 4.90. The van der Waals surface area contributed by atoms with Crippen molar-refractivity contribution >= 4 is 28.3 Å². The highest BCUT2D eigenvalue weighted by atomic mass is 16.5. The zero-order valence-electron chi connectivity index (χ0n) is 15.0. The molecule has 0 aliphatic carbocycles. The van der Waals surface area contributed by atoms with Crippen LogP contribution in [-0.4, -0.2) is 24.2 Å². The van der Waals surface area contributed by atoms with Crippen LogP contribution in [0.1, 0.15) is 30.5 Å².